The molecule has 2 aromatic carbocycles. The van der Waals surface area contributed by atoms with Crippen molar-refractivity contribution in [2.24, 2.45) is 0 Å². The normalized spacial score (nSPS) is 14.3. The summed E-state index contributed by atoms with van der Waals surface area (Å²) in [6.07, 6.45) is 12.6. The summed E-state index contributed by atoms with van der Waals surface area (Å²) in [7, 11) is 0. The van der Waals surface area contributed by atoms with Gasteiger partial charge in [-0.1, -0.05) is 88.3 Å². The van der Waals surface area contributed by atoms with Crippen LogP contribution in [-0.2, 0) is 5.60 Å². The van der Waals surface area contributed by atoms with Gasteiger partial charge in [0.2, 0.25) is 0 Å². The quantitative estimate of drug-likeness (QED) is 0.376. The van der Waals surface area contributed by atoms with Crippen LogP contribution in [0.3, 0.4) is 0 Å². The number of hydrogen-bond acceptors (Lipinski definition) is 1. The third-order valence-corrected chi connectivity index (χ3v) is 6.27. The Morgan fingerprint density at radius 2 is 1.25 bits per heavy atom. The highest BCUT2D eigenvalue weighted by Crippen LogP contribution is 2.50. The lowest BCUT2D eigenvalue weighted by Gasteiger charge is -2.41. The molecule has 0 N–H and O–H groups in total. The standard InChI is InChI=1S/C27H38O/c1-5-7-9-11-17-27(18-12-10-8-6-2)25-19-21(3)13-15-23(25)24-16-14-22(4)20-26(24)28-27/h13-16,19-20H,5-12,17-18H2,1-4H3. The third-order valence-electron chi connectivity index (χ3n) is 6.27. The van der Waals surface area contributed by atoms with Gasteiger partial charge in [-0.3, -0.25) is 0 Å². The predicted molar refractivity (Wildman–Crippen MR) is 121 cm³/mol. The second-order valence-electron chi connectivity index (χ2n) is 8.77. The first kappa shape index (κ1) is 21.0. The van der Waals surface area contributed by atoms with Crippen LogP contribution in [-0.4, -0.2) is 0 Å². The average Bonchev–Trinajstić information content (AvgIpc) is 2.68. The van der Waals surface area contributed by atoms with Crippen LogP contribution in [0.2, 0.25) is 0 Å². The zero-order valence-electron chi connectivity index (χ0n) is 18.4. The molecule has 0 bridgehead atoms. The fraction of sp³-hybridized carbons (Fsp3) is 0.556. The maximum atomic E-state index is 6.94. The van der Waals surface area contributed by atoms with E-state index in [-0.39, 0.29) is 5.60 Å². The van der Waals surface area contributed by atoms with Gasteiger partial charge >= 0.3 is 0 Å². The number of ether oxygens (including phenoxy) is 1. The Kier molecular flexibility index (Phi) is 7.21. The summed E-state index contributed by atoms with van der Waals surface area (Å²) in [4.78, 5) is 0. The van der Waals surface area contributed by atoms with E-state index < -0.39 is 0 Å². The van der Waals surface area contributed by atoms with Crippen molar-refractivity contribution in [3.05, 3.63) is 53.1 Å². The van der Waals surface area contributed by atoms with Crippen LogP contribution in [0.25, 0.3) is 11.1 Å². The van der Waals surface area contributed by atoms with E-state index >= 15 is 0 Å². The van der Waals surface area contributed by atoms with Gasteiger partial charge in [-0.15, -0.1) is 0 Å². The zero-order valence-corrected chi connectivity index (χ0v) is 18.4. The highest BCUT2D eigenvalue weighted by Gasteiger charge is 2.40. The summed E-state index contributed by atoms with van der Waals surface area (Å²) in [5.74, 6) is 1.09. The Morgan fingerprint density at radius 3 is 1.86 bits per heavy atom. The van der Waals surface area contributed by atoms with Gasteiger partial charge in [0.25, 0.3) is 0 Å². The maximum absolute atomic E-state index is 6.94. The number of rotatable bonds is 10. The molecule has 0 saturated carbocycles. The Hall–Kier alpha value is -1.76. The summed E-state index contributed by atoms with van der Waals surface area (Å²) >= 11 is 0. The molecule has 0 radical (unpaired) electrons. The Bertz CT molecular complexity index is 762. The number of hydrogen-bond donors (Lipinski definition) is 0. The molecule has 0 amide bonds. The second kappa shape index (κ2) is 9.63. The molecule has 1 heterocycles. The average molecular weight is 379 g/mol. The van der Waals surface area contributed by atoms with E-state index in [0.717, 1.165) is 18.6 Å². The summed E-state index contributed by atoms with van der Waals surface area (Å²) < 4.78 is 6.94. The van der Waals surface area contributed by atoms with Crippen molar-refractivity contribution in [1.29, 1.82) is 0 Å². The largest absolute Gasteiger partial charge is 0.482 e. The molecule has 0 aromatic heterocycles. The summed E-state index contributed by atoms with van der Waals surface area (Å²) in [5, 5.41) is 0. The molecule has 0 fully saturated rings. The molecule has 0 aliphatic carbocycles. The van der Waals surface area contributed by atoms with Gasteiger partial charge in [-0.25, -0.2) is 0 Å². The maximum Gasteiger partial charge on any atom is 0.135 e. The molecule has 28 heavy (non-hydrogen) atoms. The van der Waals surface area contributed by atoms with Gasteiger partial charge in [0.05, 0.1) is 0 Å². The molecular formula is C27H38O. The Balaban J connectivity index is 1.99. The SMILES string of the molecule is CCCCCCC1(CCCCCC)Oc2cc(C)ccc2-c2ccc(C)cc21. The van der Waals surface area contributed by atoms with Gasteiger partial charge in [-0.05, 0) is 56.7 Å². The molecule has 1 aliphatic heterocycles. The van der Waals surface area contributed by atoms with Crippen molar-refractivity contribution in [1.82, 2.24) is 0 Å². The lowest BCUT2D eigenvalue weighted by molar-refractivity contribution is 0.0385. The first-order valence-electron chi connectivity index (χ1n) is 11.5. The molecule has 2 aromatic rings. The minimum atomic E-state index is -0.163. The smallest absolute Gasteiger partial charge is 0.135 e. The lowest BCUT2D eigenvalue weighted by atomic mass is 9.77. The van der Waals surface area contributed by atoms with E-state index in [2.05, 4.69) is 64.1 Å². The van der Waals surface area contributed by atoms with Crippen LogP contribution < -0.4 is 4.74 Å². The predicted octanol–water partition coefficient (Wildman–Crippen LogP) is 8.50. The molecule has 0 saturated heterocycles. The first-order chi connectivity index (χ1) is 13.6. The van der Waals surface area contributed by atoms with Gasteiger partial charge in [0.1, 0.15) is 11.4 Å². The lowest BCUT2D eigenvalue weighted by Crippen LogP contribution is -2.36. The Labute approximate surface area is 172 Å². The van der Waals surface area contributed by atoms with E-state index in [1.807, 2.05) is 0 Å². The molecule has 3 rings (SSSR count). The fourth-order valence-electron chi connectivity index (χ4n) is 4.64. The molecule has 0 spiro atoms. The van der Waals surface area contributed by atoms with Crippen LogP contribution in [0.4, 0.5) is 0 Å². The van der Waals surface area contributed by atoms with Crippen LogP contribution in [0, 0.1) is 13.8 Å². The fourth-order valence-corrected chi connectivity index (χ4v) is 4.64. The minimum Gasteiger partial charge on any atom is -0.482 e. The highest BCUT2D eigenvalue weighted by atomic mass is 16.5. The van der Waals surface area contributed by atoms with E-state index in [4.69, 9.17) is 4.74 Å². The van der Waals surface area contributed by atoms with Crippen molar-refractivity contribution < 1.29 is 4.74 Å². The van der Waals surface area contributed by atoms with Crippen LogP contribution >= 0.6 is 0 Å². The Morgan fingerprint density at radius 1 is 0.679 bits per heavy atom. The van der Waals surface area contributed by atoms with Crippen LogP contribution in [0.5, 0.6) is 5.75 Å². The summed E-state index contributed by atoms with van der Waals surface area (Å²) in [5.41, 5.74) is 6.53. The van der Waals surface area contributed by atoms with Crippen LogP contribution in [0.1, 0.15) is 94.7 Å². The topological polar surface area (TPSA) is 9.23 Å². The molecule has 152 valence electrons. The van der Waals surface area contributed by atoms with E-state index in [1.54, 1.807) is 0 Å². The monoisotopic (exact) mass is 378 g/mol. The first-order valence-corrected chi connectivity index (χ1v) is 11.5. The van der Waals surface area contributed by atoms with Gasteiger partial charge in [0.15, 0.2) is 0 Å². The number of unbranched alkanes of at least 4 members (excludes halogenated alkanes) is 6. The van der Waals surface area contributed by atoms with Gasteiger partial charge in [-0.2, -0.15) is 0 Å². The minimum absolute atomic E-state index is 0.163. The number of aryl methyl sites for hydroxylation is 2. The van der Waals surface area contributed by atoms with Crippen molar-refractivity contribution in [2.45, 2.75) is 97.5 Å². The second-order valence-corrected chi connectivity index (χ2v) is 8.77. The molecule has 0 atom stereocenters. The highest BCUT2D eigenvalue weighted by molar-refractivity contribution is 5.77. The molecule has 0 unspecified atom stereocenters. The number of benzene rings is 2. The van der Waals surface area contributed by atoms with Gasteiger partial charge in [0, 0.05) is 11.1 Å². The number of fused-ring (bicyclic) bond motifs is 3. The summed E-state index contributed by atoms with van der Waals surface area (Å²) in [6.45, 7) is 8.95. The van der Waals surface area contributed by atoms with Crippen molar-refractivity contribution in [2.75, 3.05) is 0 Å². The van der Waals surface area contributed by atoms with Crippen LogP contribution in [0.15, 0.2) is 36.4 Å². The van der Waals surface area contributed by atoms with Crippen molar-refractivity contribution in [3.63, 3.8) is 0 Å². The molecular weight excluding hydrogens is 340 g/mol. The third kappa shape index (κ3) is 4.62. The van der Waals surface area contributed by atoms with E-state index in [1.165, 1.54) is 79.2 Å². The molecule has 1 nitrogen and oxygen atoms in total. The van der Waals surface area contributed by atoms with E-state index in [9.17, 15) is 0 Å². The molecule has 1 aliphatic rings. The van der Waals surface area contributed by atoms with E-state index in [0.29, 0.717) is 0 Å². The van der Waals surface area contributed by atoms with Gasteiger partial charge < -0.3 is 4.74 Å². The zero-order chi connectivity index (χ0) is 20.0. The summed E-state index contributed by atoms with van der Waals surface area (Å²) in [6, 6.07) is 13.7. The van der Waals surface area contributed by atoms with Crippen molar-refractivity contribution >= 4 is 0 Å². The van der Waals surface area contributed by atoms with Crippen molar-refractivity contribution in [3.8, 4) is 16.9 Å². The molecule has 1 heteroatoms.